The van der Waals surface area contributed by atoms with E-state index in [-0.39, 0.29) is 35.7 Å². The van der Waals surface area contributed by atoms with Crippen LogP contribution in [0, 0.1) is 11.8 Å². The number of nitrogens with one attached hydrogen (secondary N) is 2. The van der Waals surface area contributed by atoms with Gasteiger partial charge in [-0.3, -0.25) is 19.4 Å². The molecule has 2 aliphatic heterocycles. The number of carbonyl (C=O) groups excluding carboxylic acids is 3. The molecule has 2 aliphatic rings. The maximum absolute atomic E-state index is 13.7. The molecular weight excluding hydrogens is 701 g/mol. The monoisotopic (exact) mass is 752 g/mol. The average Bonchev–Trinajstić information content (AvgIpc) is 4.01. The molecule has 4 heterocycles. The van der Waals surface area contributed by atoms with Crippen LogP contribution in [-0.2, 0) is 14.3 Å². The summed E-state index contributed by atoms with van der Waals surface area (Å²) >= 11 is 0. The molecule has 0 spiro atoms. The number of likely N-dealkylation sites (tertiary alicyclic amines) is 2. The molecule has 4 aromatic rings. The predicted octanol–water partition coefficient (Wildman–Crippen LogP) is 6.82. The van der Waals surface area contributed by atoms with Gasteiger partial charge in [0.25, 0.3) is 0 Å². The zero-order chi connectivity index (χ0) is 39.6. The highest BCUT2D eigenvalue weighted by molar-refractivity contribution is 5.87. The van der Waals surface area contributed by atoms with E-state index < -0.39 is 24.3 Å². The van der Waals surface area contributed by atoms with Crippen LogP contribution < -0.4 is 0 Å². The number of ether oxygens (including phenoxy) is 1. The first-order valence-corrected chi connectivity index (χ1v) is 19.0. The van der Waals surface area contributed by atoms with E-state index in [1.807, 2.05) is 56.9 Å². The van der Waals surface area contributed by atoms with Gasteiger partial charge in [-0.1, -0.05) is 76.2 Å². The molecule has 14 nitrogen and oxygen atoms in total. The van der Waals surface area contributed by atoms with Gasteiger partial charge in [0.15, 0.2) is 0 Å². The average molecular weight is 753 g/mol. The summed E-state index contributed by atoms with van der Waals surface area (Å²) in [6.07, 6.45) is 5.12. The van der Waals surface area contributed by atoms with E-state index in [1.165, 1.54) is 19.1 Å². The molecule has 14 heteroatoms. The van der Waals surface area contributed by atoms with Gasteiger partial charge in [-0.2, -0.15) is 0 Å². The van der Waals surface area contributed by atoms with Gasteiger partial charge >= 0.3 is 12.2 Å². The molecule has 292 valence electrons. The van der Waals surface area contributed by atoms with Crippen molar-refractivity contribution < 1.29 is 29.0 Å². The largest absolute Gasteiger partial charge is 0.465 e. The van der Waals surface area contributed by atoms with E-state index in [2.05, 4.69) is 44.2 Å². The normalized spacial score (nSPS) is 18.1. The highest BCUT2D eigenvalue weighted by atomic mass is 16.5. The van der Waals surface area contributed by atoms with E-state index in [1.54, 1.807) is 24.3 Å². The number of benzene rings is 2. The van der Waals surface area contributed by atoms with E-state index in [9.17, 15) is 24.3 Å². The minimum atomic E-state index is -1.12. The first-order valence-electron chi connectivity index (χ1n) is 19.0. The maximum atomic E-state index is 13.7. The molecule has 2 fully saturated rings. The van der Waals surface area contributed by atoms with Crippen molar-refractivity contribution in [1.29, 1.82) is 0 Å². The number of aromatic amines is 2. The number of aromatic nitrogens is 4. The second-order valence-corrected chi connectivity index (χ2v) is 15.3. The number of methoxy groups -OCH3 is 1. The molecule has 0 unspecified atom stereocenters. The van der Waals surface area contributed by atoms with Crippen molar-refractivity contribution in [3.8, 4) is 33.6 Å². The van der Waals surface area contributed by atoms with E-state index in [0.717, 1.165) is 70.0 Å². The van der Waals surface area contributed by atoms with Gasteiger partial charge in [0.2, 0.25) is 11.8 Å². The van der Waals surface area contributed by atoms with Crippen LogP contribution in [0.4, 0.5) is 9.59 Å². The Morgan fingerprint density at radius 2 is 1.07 bits per heavy atom. The zero-order valence-electron chi connectivity index (χ0n) is 32.7. The number of likely N-dealkylation sites (N-methyl/N-ethyl adjacent to an activating group) is 2. The Hall–Kier alpha value is -5.66. The summed E-state index contributed by atoms with van der Waals surface area (Å²) in [6.45, 7) is 8.73. The predicted molar refractivity (Wildman–Crippen MR) is 208 cm³/mol. The third kappa shape index (κ3) is 7.94. The quantitative estimate of drug-likeness (QED) is 0.150. The third-order valence-corrected chi connectivity index (χ3v) is 11.0. The molecule has 2 aromatic carbocycles. The first kappa shape index (κ1) is 39.0. The number of rotatable bonds is 11. The molecule has 6 rings (SSSR count). The summed E-state index contributed by atoms with van der Waals surface area (Å²) in [5.41, 5.74) is 5.72. The summed E-state index contributed by atoms with van der Waals surface area (Å²) in [5, 5.41) is 9.58. The van der Waals surface area contributed by atoms with Crippen molar-refractivity contribution in [3.63, 3.8) is 0 Å². The fourth-order valence-corrected chi connectivity index (χ4v) is 8.13. The molecule has 0 radical (unpaired) electrons. The molecule has 0 saturated carbocycles. The van der Waals surface area contributed by atoms with E-state index >= 15 is 0 Å². The lowest BCUT2D eigenvalue weighted by Gasteiger charge is -2.34. The standard InChI is InChI=1S/C41H52N8O6/c1-24(2)34(46(5)40(52)53)38(50)48-20-8-10-32(48)36-42-22-30(44-36)28-16-12-26(13-17-28)27-14-18-29(19-15-27)31-23-43-37(45-31)33-11-9-21-49(33)39(51)35(25(3)4)47(6)41(54)55-7/h12-19,22-25,32-35H,8-11,20-21H2,1-7H3,(H,42,44)(H,43,45)(H,52,53)/t32-,33-,34-,35-/m0/s1. The fourth-order valence-electron chi connectivity index (χ4n) is 8.13. The lowest BCUT2D eigenvalue weighted by Crippen LogP contribution is -2.51. The van der Waals surface area contributed by atoms with Crippen LogP contribution in [0.25, 0.3) is 33.6 Å². The first-order chi connectivity index (χ1) is 26.3. The SMILES string of the molecule is COC(=O)N(C)[C@H](C(=O)N1CCC[C@H]1c1ncc(-c2ccc(-c3ccc(-c4cnc([C@@H]5CCCN5C(=O)[C@H](C(C)C)N(C)C(=O)O)[nH]4)cc3)cc2)[nH]1)C(C)C. The number of carboxylic acid groups (broad SMARTS) is 1. The summed E-state index contributed by atoms with van der Waals surface area (Å²) in [4.78, 5) is 73.7. The van der Waals surface area contributed by atoms with Crippen LogP contribution in [0.5, 0.6) is 0 Å². The van der Waals surface area contributed by atoms with Crippen molar-refractivity contribution in [2.75, 3.05) is 34.3 Å². The van der Waals surface area contributed by atoms with Gasteiger partial charge in [-0.05, 0) is 59.8 Å². The van der Waals surface area contributed by atoms with Gasteiger partial charge in [-0.15, -0.1) is 0 Å². The number of carbonyl (C=O) groups is 4. The van der Waals surface area contributed by atoms with Crippen LogP contribution in [0.3, 0.4) is 0 Å². The van der Waals surface area contributed by atoms with Gasteiger partial charge < -0.3 is 29.6 Å². The van der Waals surface area contributed by atoms with Crippen molar-refractivity contribution in [2.24, 2.45) is 11.8 Å². The minimum absolute atomic E-state index is 0.0932. The van der Waals surface area contributed by atoms with Gasteiger partial charge in [0, 0.05) is 27.2 Å². The van der Waals surface area contributed by atoms with Gasteiger partial charge in [-0.25, -0.2) is 19.6 Å². The molecule has 55 heavy (non-hydrogen) atoms. The zero-order valence-corrected chi connectivity index (χ0v) is 32.7. The summed E-state index contributed by atoms with van der Waals surface area (Å²) in [6, 6.07) is 14.6. The van der Waals surface area contributed by atoms with E-state index in [4.69, 9.17) is 4.74 Å². The van der Waals surface area contributed by atoms with Crippen LogP contribution in [0.2, 0.25) is 0 Å². The highest BCUT2D eigenvalue weighted by Crippen LogP contribution is 2.36. The van der Waals surface area contributed by atoms with Crippen LogP contribution in [0.1, 0.15) is 77.1 Å². The van der Waals surface area contributed by atoms with Crippen molar-refractivity contribution in [3.05, 3.63) is 72.6 Å². The number of H-pyrrole nitrogens is 2. The topological polar surface area (TPSA) is 168 Å². The lowest BCUT2D eigenvalue weighted by molar-refractivity contribution is -0.139. The molecule has 3 N–H and O–H groups in total. The Balaban J connectivity index is 1.12. The molecule has 2 aromatic heterocycles. The number of hydrogen-bond donors (Lipinski definition) is 3. The number of hydrogen-bond acceptors (Lipinski definition) is 7. The second-order valence-electron chi connectivity index (χ2n) is 15.3. The summed E-state index contributed by atoms with van der Waals surface area (Å²) in [7, 11) is 4.37. The Morgan fingerprint density at radius 3 is 1.44 bits per heavy atom. The number of imidazole rings is 2. The summed E-state index contributed by atoms with van der Waals surface area (Å²) < 4.78 is 4.90. The third-order valence-electron chi connectivity index (χ3n) is 11.0. The molecule has 4 atom stereocenters. The van der Waals surface area contributed by atoms with Crippen molar-refractivity contribution in [1.82, 2.24) is 39.5 Å². The van der Waals surface area contributed by atoms with E-state index in [0.29, 0.717) is 18.9 Å². The fraction of sp³-hybridized carbons (Fsp3) is 0.463. The van der Waals surface area contributed by atoms with Gasteiger partial charge in [0.05, 0.1) is 43.0 Å². The van der Waals surface area contributed by atoms with Crippen LogP contribution in [-0.4, -0.2) is 115 Å². The molecule has 4 amide bonds. The lowest BCUT2D eigenvalue weighted by atomic mass is 10.0. The second kappa shape index (κ2) is 16.4. The number of amides is 4. The summed E-state index contributed by atoms with van der Waals surface area (Å²) in [5.74, 6) is 0.850. The van der Waals surface area contributed by atoms with Crippen LogP contribution in [0.15, 0.2) is 60.9 Å². The Bertz CT molecular complexity index is 1990. The Morgan fingerprint density at radius 1 is 0.691 bits per heavy atom. The Labute approximate surface area is 321 Å². The number of nitrogens with zero attached hydrogens (tertiary/aromatic N) is 6. The molecule has 0 bridgehead atoms. The van der Waals surface area contributed by atoms with Crippen molar-refractivity contribution >= 4 is 24.0 Å². The Kier molecular flexibility index (Phi) is 11.6. The highest BCUT2D eigenvalue weighted by Gasteiger charge is 2.41. The van der Waals surface area contributed by atoms with Crippen molar-refractivity contribution in [2.45, 2.75) is 77.5 Å². The molecule has 0 aliphatic carbocycles. The smallest absolute Gasteiger partial charge is 0.409 e. The van der Waals surface area contributed by atoms with Crippen LogP contribution >= 0.6 is 0 Å². The molecular formula is C41H52N8O6. The molecule has 2 saturated heterocycles. The minimum Gasteiger partial charge on any atom is -0.465 e. The maximum Gasteiger partial charge on any atom is 0.409 e. The van der Waals surface area contributed by atoms with Gasteiger partial charge in [0.1, 0.15) is 23.7 Å².